The van der Waals surface area contributed by atoms with Crippen LogP contribution in [0.2, 0.25) is 5.04 Å². The van der Waals surface area contributed by atoms with E-state index < -0.39 is 8.32 Å². The monoisotopic (exact) mass is 680 g/mol. The molecule has 264 valence electrons. The zero-order chi connectivity index (χ0) is 33.9. The molecule has 1 fully saturated rings. The van der Waals surface area contributed by atoms with E-state index in [-0.39, 0.29) is 11.1 Å². The first-order valence-electron chi connectivity index (χ1n) is 17.4. The Hall–Kier alpha value is -2.54. The van der Waals surface area contributed by atoms with Crippen LogP contribution in [0, 0.1) is 0 Å². The van der Waals surface area contributed by atoms with Crippen LogP contribution in [0.4, 0.5) is 0 Å². The van der Waals surface area contributed by atoms with Crippen LogP contribution in [0.3, 0.4) is 0 Å². The first-order valence-corrected chi connectivity index (χ1v) is 19.3. The van der Waals surface area contributed by atoms with Crippen LogP contribution >= 0.6 is 0 Å². The minimum Gasteiger partial charge on any atom is -0.401 e. The van der Waals surface area contributed by atoms with Crippen molar-refractivity contribution in [2.45, 2.75) is 70.1 Å². The maximum absolute atomic E-state index is 7.13. The summed E-state index contributed by atoms with van der Waals surface area (Å²) >= 11 is 0. The Kier molecular flexibility index (Phi) is 16.6. The van der Waals surface area contributed by atoms with Crippen molar-refractivity contribution in [3.63, 3.8) is 0 Å². The van der Waals surface area contributed by atoms with Gasteiger partial charge in [-0.25, -0.2) is 9.97 Å². The van der Waals surface area contributed by atoms with Crippen LogP contribution in [0.25, 0.3) is 0 Å². The number of benzene rings is 2. The van der Waals surface area contributed by atoms with Gasteiger partial charge in [0.25, 0.3) is 8.32 Å². The van der Waals surface area contributed by atoms with Gasteiger partial charge in [-0.15, -0.1) is 0 Å². The maximum atomic E-state index is 7.13. The molecule has 0 N–H and O–H groups in total. The van der Waals surface area contributed by atoms with E-state index in [1.807, 2.05) is 12.3 Å². The second kappa shape index (κ2) is 20.8. The third kappa shape index (κ3) is 11.8. The molecule has 9 nitrogen and oxygen atoms in total. The summed E-state index contributed by atoms with van der Waals surface area (Å²) in [5.41, 5.74) is 0.934. The number of hydrogen-bond acceptors (Lipinski definition) is 9. The lowest BCUT2D eigenvalue weighted by atomic mass is 9.87. The minimum absolute atomic E-state index is 0.0847. The van der Waals surface area contributed by atoms with Gasteiger partial charge in [0, 0.05) is 19.2 Å². The third-order valence-corrected chi connectivity index (χ3v) is 13.7. The maximum Gasteiger partial charge on any atom is 0.261 e. The van der Waals surface area contributed by atoms with Crippen molar-refractivity contribution in [3.8, 4) is 0 Å². The van der Waals surface area contributed by atoms with Gasteiger partial charge in [-0.1, -0.05) is 81.4 Å². The molecule has 0 unspecified atom stereocenters. The van der Waals surface area contributed by atoms with Crippen LogP contribution in [0.5, 0.6) is 0 Å². The van der Waals surface area contributed by atoms with E-state index in [0.29, 0.717) is 78.6 Å². The highest BCUT2D eigenvalue weighted by molar-refractivity contribution is 6.99. The van der Waals surface area contributed by atoms with Gasteiger partial charge in [-0.05, 0) is 47.2 Å². The van der Waals surface area contributed by atoms with Crippen LogP contribution in [0.15, 0.2) is 72.9 Å². The van der Waals surface area contributed by atoms with Crippen LogP contribution in [-0.4, -0.2) is 97.6 Å². The zero-order valence-corrected chi connectivity index (χ0v) is 30.4. The van der Waals surface area contributed by atoms with E-state index in [2.05, 4.69) is 81.4 Å². The van der Waals surface area contributed by atoms with Gasteiger partial charge in [0.15, 0.2) is 0 Å². The van der Waals surface area contributed by atoms with Crippen LogP contribution in [-0.2, 0) is 39.5 Å². The number of ether oxygens (including phenoxy) is 6. The molecule has 1 aliphatic rings. The van der Waals surface area contributed by atoms with Gasteiger partial charge in [0.05, 0.1) is 84.5 Å². The number of hydrogen-bond donors (Lipinski definition) is 0. The fourth-order valence-electron chi connectivity index (χ4n) is 6.30. The molecule has 0 saturated heterocycles. The van der Waals surface area contributed by atoms with Crippen molar-refractivity contribution in [2.75, 3.05) is 73.2 Å². The molecule has 0 aliphatic heterocycles. The summed E-state index contributed by atoms with van der Waals surface area (Å²) in [6, 6.07) is 23.5. The lowest BCUT2D eigenvalue weighted by molar-refractivity contribution is -0.0316. The minimum atomic E-state index is -2.64. The van der Waals surface area contributed by atoms with E-state index in [1.54, 1.807) is 7.11 Å². The third-order valence-electron chi connectivity index (χ3n) is 8.75. The zero-order valence-electron chi connectivity index (χ0n) is 29.4. The van der Waals surface area contributed by atoms with Crippen molar-refractivity contribution in [3.05, 3.63) is 84.4 Å². The predicted molar refractivity (Wildman–Crippen MR) is 191 cm³/mol. The molecule has 10 heteroatoms. The summed E-state index contributed by atoms with van der Waals surface area (Å²) in [4.78, 5) is 9.73. The average molecular weight is 681 g/mol. The molecule has 1 heterocycles. The lowest BCUT2D eigenvalue weighted by Gasteiger charge is -2.43. The van der Waals surface area contributed by atoms with Gasteiger partial charge < -0.3 is 32.8 Å². The standard InChI is InChI=1S/C38H56N2O7Si/c1-38(2,3)48(35-11-7-5-8-12-35,36-13-9-6-10-14-36)47-31-33-19-20-39-37(40-33)32-15-17-34(18-16-32)46-30-29-45-28-27-44-26-25-43-24-23-42-22-21-41-4/h5-14,19-20,32,34H,15-18,21-31H2,1-4H3/t32-,34+. The summed E-state index contributed by atoms with van der Waals surface area (Å²) in [6.45, 7) is 13.0. The van der Waals surface area contributed by atoms with Gasteiger partial charge in [0.2, 0.25) is 0 Å². The van der Waals surface area contributed by atoms with E-state index in [9.17, 15) is 0 Å². The van der Waals surface area contributed by atoms with Crippen molar-refractivity contribution in [1.29, 1.82) is 0 Å². The van der Waals surface area contributed by atoms with Crippen LogP contribution in [0.1, 0.15) is 63.9 Å². The highest BCUT2D eigenvalue weighted by Crippen LogP contribution is 2.37. The normalized spacial score (nSPS) is 17.1. The summed E-state index contributed by atoms with van der Waals surface area (Å²) in [5, 5.41) is 2.46. The molecule has 0 atom stereocenters. The smallest absolute Gasteiger partial charge is 0.261 e. The average Bonchev–Trinajstić information content (AvgIpc) is 3.11. The highest BCUT2D eigenvalue weighted by Gasteiger charge is 2.50. The largest absolute Gasteiger partial charge is 0.401 e. The van der Waals surface area contributed by atoms with E-state index in [0.717, 1.165) is 37.2 Å². The van der Waals surface area contributed by atoms with Crippen LogP contribution < -0.4 is 10.4 Å². The van der Waals surface area contributed by atoms with Gasteiger partial charge in [-0.3, -0.25) is 0 Å². The van der Waals surface area contributed by atoms with Gasteiger partial charge >= 0.3 is 0 Å². The molecule has 48 heavy (non-hydrogen) atoms. The first kappa shape index (κ1) is 38.3. The van der Waals surface area contributed by atoms with Crippen molar-refractivity contribution < 1.29 is 32.8 Å². The number of nitrogens with zero attached hydrogens (tertiary/aromatic N) is 2. The Morgan fingerprint density at radius 1 is 0.646 bits per heavy atom. The topological polar surface area (TPSA) is 90.4 Å². The fraction of sp³-hybridized carbons (Fsp3) is 0.579. The SMILES string of the molecule is COCCOCCOCCOCCOCCO[C@H]1CC[C@@H](c2nccc(CO[Si](c3ccccc3)(c3ccccc3)C(C)(C)C)n2)CC1. The summed E-state index contributed by atoms with van der Waals surface area (Å²) in [6.07, 6.45) is 6.16. The number of methoxy groups -OCH3 is 1. The van der Waals surface area contributed by atoms with Crippen molar-refractivity contribution in [1.82, 2.24) is 9.97 Å². The molecule has 0 radical (unpaired) electrons. The number of aromatic nitrogens is 2. The molecule has 0 bridgehead atoms. The summed E-state index contributed by atoms with van der Waals surface area (Å²) in [7, 11) is -0.984. The van der Waals surface area contributed by atoms with E-state index in [1.165, 1.54) is 10.4 Å². The molecule has 1 aromatic heterocycles. The Morgan fingerprint density at radius 2 is 1.15 bits per heavy atom. The van der Waals surface area contributed by atoms with E-state index in [4.69, 9.17) is 42.8 Å². The summed E-state index contributed by atoms with van der Waals surface area (Å²) < 4.78 is 40.2. The van der Waals surface area contributed by atoms with Gasteiger partial charge in [-0.2, -0.15) is 0 Å². The Balaban J connectivity index is 1.16. The molecule has 2 aromatic carbocycles. The molecule has 0 amide bonds. The molecule has 1 aliphatic carbocycles. The summed E-state index contributed by atoms with van der Waals surface area (Å²) in [5.74, 6) is 1.25. The first-order chi connectivity index (χ1) is 23.4. The second-order valence-corrected chi connectivity index (χ2v) is 17.5. The molecule has 3 aromatic rings. The fourth-order valence-corrected chi connectivity index (χ4v) is 10.8. The highest BCUT2D eigenvalue weighted by atomic mass is 28.4. The number of rotatable bonds is 22. The lowest BCUT2D eigenvalue weighted by Crippen LogP contribution is -2.66. The molecular weight excluding hydrogens is 625 g/mol. The van der Waals surface area contributed by atoms with Crippen molar-refractivity contribution >= 4 is 18.7 Å². The van der Waals surface area contributed by atoms with E-state index >= 15 is 0 Å². The molecule has 0 spiro atoms. The van der Waals surface area contributed by atoms with Crippen molar-refractivity contribution in [2.24, 2.45) is 0 Å². The molecule has 4 rings (SSSR count). The Labute approximate surface area is 288 Å². The Bertz CT molecular complexity index is 1230. The van der Waals surface area contributed by atoms with Gasteiger partial charge in [0.1, 0.15) is 5.82 Å². The molecule has 1 saturated carbocycles. The quantitative estimate of drug-likeness (QED) is 0.104. The Morgan fingerprint density at radius 3 is 1.65 bits per heavy atom. The molecular formula is C38H56N2O7Si. The predicted octanol–water partition coefficient (Wildman–Crippen LogP) is 5.31. The second-order valence-electron chi connectivity index (χ2n) is 13.1.